The van der Waals surface area contributed by atoms with Gasteiger partial charge in [-0.1, -0.05) is 42.5 Å². The summed E-state index contributed by atoms with van der Waals surface area (Å²) < 4.78 is 5.11. The number of nitro benzene ring substituents is 1. The van der Waals surface area contributed by atoms with Gasteiger partial charge >= 0.3 is 6.09 Å². The minimum Gasteiger partial charge on any atom is -0.445 e. The van der Waals surface area contributed by atoms with Gasteiger partial charge in [0.2, 0.25) is 0 Å². The Bertz CT molecular complexity index is 658. The molecule has 0 aromatic heterocycles. The van der Waals surface area contributed by atoms with Crippen molar-refractivity contribution in [1.82, 2.24) is 5.32 Å². The molecule has 22 heavy (non-hydrogen) atoms. The molecule has 0 aliphatic heterocycles. The number of carbonyl (C=O) groups is 1. The topological polar surface area (TPSA) is 81.5 Å². The van der Waals surface area contributed by atoms with Crippen molar-refractivity contribution in [3.63, 3.8) is 0 Å². The summed E-state index contributed by atoms with van der Waals surface area (Å²) in [4.78, 5) is 22.0. The number of rotatable bonds is 5. The zero-order valence-corrected chi connectivity index (χ0v) is 12.1. The predicted octanol–water partition coefficient (Wildman–Crippen LogP) is 3.58. The molecule has 0 unspecified atom stereocenters. The average molecular weight is 300 g/mol. The van der Waals surface area contributed by atoms with E-state index in [1.807, 2.05) is 30.3 Å². The fourth-order valence-corrected chi connectivity index (χ4v) is 1.93. The first-order valence-electron chi connectivity index (χ1n) is 6.78. The fourth-order valence-electron chi connectivity index (χ4n) is 1.93. The molecule has 6 heteroatoms. The largest absolute Gasteiger partial charge is 0.445 e. The van der Waals surface area contributed by atoms with Gasteiger partial charge in [-0.15, -0.1) is 0 Å². The number of nitrogens with zero attached hydrogens (tertiary/aromatic N) is 1. The van der Waals surface area contributed by atoms with Crippen LogP contribution in [0, 0.1) is 10.1 Å². The summed E-state index contributed by atoms with van der Waals surface area (Å²) in [6, 6.07) is 15.1. The van der Waals surface area contributed by atoms with E-state index in [0.29, 0.717) is 5.56 Å². The molecular formula is C16H16N2O4. The van der Waals surface area contributed by atoms with E-state index in [-0.39, 0.29) is 18.3 Å². The van der Waals surface area contributed by atoms with Crippen molar-refractivity contribution in [2.24, 2.45) is 0 Å². The highest BCUT2D eigenvalue weighted by molar-refractivity contribution is 5.68. The fraction of sp³-hybridized carbons (Fsp3) is 0.188. The molecule has 2 rings (SSSR count). The van der Waals surface area contributed by atoms with Crippen LogP contribution in [-0.2, 0) is 11.3 Å². The Morgan fingerprint density at radius 3 is 2.64 bits per heavy atom. The van der Waals surface area contributed by atoms with Gasteiger partial charge in [0.05, 0.1) is 11.0 Å². The predicted molar refractivity (Wildman–Crippen MR) is 81.3 cm³/mol. The first-order chi connectivity index (χ1) is 10.6. The summed E-state index contributed by atoms with van der Waals surface area (Å²) in [6.07, 6.45) is -0.567. The van der Waals surface area contributed by atoms with Crippen LogP contribution in [0.3, 0.4) is 0 Å². The zero-order chi connectivity index (χ0) is 15.9. The molecule has 0 bridgehead atoms. The first kappa shape index (κ1) is 15.5. The molecular weight excluding hydrogens is 284 g/mol. The second-order valence-corrected chi connectivity index (χ2v) is 4.78. The van der Waals surface area contributed by atoms with Crippen LogP contribution in [0.5, 0.6) is 0 Å². The van der Waals surface area contributed by atoms with E-state index in [1.165, 1.54) is 12.1 Å². The second kappa shape index (κ2) is 7.21. The number of benzene rings is 2. The molecule has 2 aromatic rings. The van der Waals surface area contributed by atoms with E-state index in [9.17, 15) is 14.9 Å². The Hall–Kier alpha value is -2.89. The van der Waals surface area contributed by atoms with Crippen LogP contribution < -0.4 is 5.32 Å². The van der Waals surface area contributed by atoms with Crippen LogP contribution in [0.4, 0.5) is 10.5 Å². The Balaban J connectivity index is 1.91. The van der Waals surface area contributed by atoms with Crippen molar-refractivity contribution in [2.45, 2.75) is 19.6 Å². The number of non-ortho nitro benzene ring substituents is 1. The smallest absolute Gasteiger partial charge is 0.407 e. The second-order valence-electron chi connectivity index (χ2n) is 4.78. The summed E-state index contributed by atoms with van der Waals surface area (Å²) in [5, 5.41) is 13.4. The van der Waals surface area contributed by atoms with Crippen LogP contribution in [0.15, 0.2) is 54.6 Å². The summed E-state index contributed by atoms with van der Waals surface area (Å²) in [6.45, 7) is 1.91. The van der Waals surface area contributed by atoms with Crippen molar-refractivity contribution in [2.75, 3.05) is 0 Å². The molecule has 1 N–H and O–H groups in total. The van der Waals surface area contributed by atoms with Gasteiger partial charge in [0.25, 0.3) is 5.69 Å². The number of hydrogen-bond donors (Lipinski definition) is 1. The zero-order valence-electron chi connectivity index (χ0n) is 12.1. The minimum atomic E-state index is -0.567. The third kappa shape index (κ3) is 4.31. The summed E-state index contributed by atoms with van der Waals surface area (Å²) in [7, 11) is 0. The molecule has 0 aliphatic rings. The summed E-state index contributed by atoms with van der Waals surface area (Å²) in [5.41, 5.74) is 1.52. The number of nitrogens with one attached hydrogen (secondary N) is 1. The number of nitro groups is 1. The molecule has 6 nitrogen and oxygen atoms in total. The lowest BCUT2D eigenvalue weighted by atomic mass is 10.1. The molecule has 1 atom stereocenters. The summed E-state index contributed by atoms with van der Waals surface area (Å²) in [5.74, 6) is 0. The Labute approximate surface area is 127 Å². The van der Waals surface area contributed by atoms with E-state index in [2.05, 4.69) is 5.32 Å². The van der Waals surface area contributed by atoms with Crippen LogP contribution in [0.2, 0.25) is 0 Å². The van der Waals surface area contributed by atoms with Crippen LogP contribution >= 0.6 is 0 Å². The molecule has 0 radical (unpaired) electrons. The van der Waals surface area contributed by atoms with Crippen LogP contribution in [-0.4, -0.2) is 11.0 Å². The highest BCUT2D eigenvalue weighted by Gasteiger charge is 2.13. The van der Waals surface area contributed by atoms with Gasteiger partial charge in [-0.25, -0.2) is 4.79 Å². The third-order valence-corrected chi connectivity index (χ3v) is 3.13. The van der Waals surface area contributed by atoms with Gasteiger partial charge < -0.3 is 10.1 Å². The lowest BCUT2D eigenvalue weighted by molar-refractivity contribution is -0.384. The van der Waals surface area contributed by atoms with E-state index in [4.69, 9.17) is 4.74 Å². The molecule has 0 spiro atoms. The van der Waals surface area contributed by atoms with Gasteiger partial charge in [-0.3, -0.25) is 10.1 Å². The SMILES string of the molecule is C[C@H](NC(=O)OCc1ccccc1)c1cccc([N+](=O)[O-])c1. The van der Waals surface area contributed by atoms with Crippen molar-refractivity contribution < 1.29 is 14.5 Å². The van der Waals surface area contributed by atoms with Gasteiger partial charge in [0.15, 0.2) is 0 Å². The lowest BCUT2D eigenvalue weighted by Crippen LogP contribution is -2.27. The molecule has 2 aromatic carbocycles. The Kier molecular flexibility index (Phi) is 5.08. The van der Waals surface area contributed by atoms with Crippen LogP contribution in [0.1, 0.15) is 24.1 Å². The van der Waals surface area contributed by atoms with Crippen LogP contribution in [0.25, 0.3) is 0 Å². The van der Waals surface area contributed by atoms with Crippen molar-refractivity contribution >= 4 is 11.8 Å². The quantitative estimate of drug-likeness (QED) is 0.676. The molecule has 0 heterocycles. The molecule has 0 aliphatic carbocycles. The standard InChI is InChI=1S/C16H16N2O4/c1-12(14-8-5-9-15(10-14)18(20)21)17-16(19)22-11-13-6-3-2-4-7-13/h2-10,12H,11H2,1H3,(H,17,19)/t12-/m0/s1. The highest BCUT2D eigenvalue weighted by Crippen LogP contribution is 2.19. The van der Waals surface area contributed by atoms with E-state index in [1.54, 1.807) is 19.1 Å². The van der Waals surface area contributed by atoms with E-state index >= 15 is 0 Å². The summed E-state index contributed by atoms with van der Waals surface area (Å²) >= 11 is 0. The number of ether oxygens (including phenoxy) is 1. The maximum absolute atomic E-state index is 11.8. The van der Waals surface area contributed by atoms with E-state index < -0.39 is 11.0 Å². The van der Waals surface area contributed by atoms with Gasteiger partial charge in [0.1, 0.15) is 6.61 Å². The maximum Gasteiger partial charge on any atom is 0.407 e. The normalized spacial score (nSPS) is 11.5. The van der Waals surface area contributed by atoms with Gasteiger partial charge in [0, 0.05) is 12.1 Å². The minimum absolute atomic E-state index is 0.0104. The molecule has 0 saturated heterocycles. The Morgan fingerprint density at radius 1 is 1.23 bits per heavy atom. The van der Waals surface area contributed by atoms with E-state index in [0.717, 1.165) is 5.56 Å². The average Bonchev–Trinajstić information content (AvgIpc) is 2.54. The van der Waals surface area contributed by atoms with Crippen molar-refractivity contribution in [1.29, 1.82) is 0 Å². The highest BCUT2D eigenvalue weighted by atomic mass is 16.6. The monoisotopic (exact) mass is 300 g/mol. The molecule has 0 saturated carbocycles. The van der Waals surface area contributed by atoms with Crippen molar-refractivity contribution in [3.05, 3.63) is 75.8 Å². The number of carbonyl (C=O) groups excluding carboxylic acids is 1. The van der Waals surface area contributed by atoms with Gasteiger partial charge in [-0.2, -0.15) is 0 Å². The first-order valence-corrected chi connectivity index (χ1v) is 6.78. The van der Waals surface area contributed by atoms with Gasteiger partial charge in [-0.05, 0) is 18.1 Å². The molecule has 0 fully saturated rings. The molecule has 114 valence electrons. The molecule has 1 amide bonds. The van der Waals surface area contributed by atoms with Crippen molar-refractivity contribution in [3.8, 4) is 0 Å². The number of hydrogen-bond acceptors (Lipinski definition) is 4. The number of alkyl carbamates (subject to hydrolysis) is 1. The third-order valence-electron chi connectivity index (χ3n) is 3.13. The Morgan fingerprint density at radius 2 is 1.95 bits per heavy atom. The number of amides is 1. The lowest BCUT2D eigenvalue weighted by Gasteiger charge is -2.14. The maximum atomic E-state index is 11.8.